The van der Waals surface area contributed by atoms with Gasteiger partial charge in [0, 0.05) is 21.4 Å². The minimum atomic E-state index is -0.461. The highest BCUT2D eigenvalue weighted by molar-refractivity contribution is 7.14. The minimum absolute atomic E-state index is 0.0529. The van der Waals surface area contributed by atoms with Crippen molar-refractivity contribution < 1.29 is 5.11 Å². The van der Waals surface area contributed by atoms with E-state index in [1.54, 1.807) is 18.2 Å². The van der Waals surface area contributed by atoms with Crippen LogP contribution in [0.15, 0.2) is 63.8 Å². The number of H-pyrrole nitrogens is 1. The molecule has 3 N–H and O–H groups in total. The first-order chi connectivity index (χ1) is 13.1. The summed E-state index contributed by atoms with van der Waals surface area (Å²) in [5.41, 5.74) is 4.68. The quantitative estimate of drug-likeness (QED) is 0.351. The van der Waals surface area contributed by atoms with E-state index < -0.39 is 5.56 Å². The number of hydrogen-bond acceptors (Lipinski definition) is 6. The van der Waals surface area contributed by atoms with Crippen LogP contribution in [0, 0.1) is 0 Å². The summed E-state index contributed by atoms with van der Waals surface area (Å²) >= 11 is 7.31. The predicted octanol–water partition coefficient (Wildman–Crippen LogP) is 4.46. The van der Waals surface area contributed by atoms with Crippen LogP contribution in [0.5, 0.6) is 5.75 Å². The zero-order chi connectivity index (χ0) is 18.8. The first kappa shape index (κ1) is 17.3. The molecule has 2 aromatic heterocycles. The van der Waals surface area contributed by atoms with Gasteiger partial charge < -0.3 is 10.1 Å². The van der Waals surface area contributed by atoms with E-state index in [4.69, 9.17) is 11.6 Å². The standard InChI is InChI=1S/C19H13ClN4O2S/c20-12-6-7-13-15(8-12)22-18(26)14(17(13)25)9-21-24-19-23-16(10-27-19)11-4-2-1-3-5-11/h1-10H,(H,23,24)(H2,22,25,26)/b21-9+. The SMILES string of the molecule is O=c1[nH]c2cc(Cl)ccc2c(O)c1/C=N/Nc1nc(-c2ccccc2)cs1. The first-order valence-corrected chi connectivity index (χ1v) is 9.22. The third kappa shape index (κ3) is 3.55. The fourth-order valence-corrected chi connectivity index (χ4v) is 3.45. The van der Waals surface area contributed by atoms with Crippen LogP contribution in [-0.2, 0) is 0 Å². The Labute approximate surface area is 162 Å². The highest BCUT2D eigenvalue weighted by atomic mass is 35.5. The van der Waals surface area contributed by atoms with Gasteiger partial charge in [0.1, 0.15) is 11.3 Å². The number of thiazole rings is 1. The molecule has 8 heteroatoms. The van der Waals surface area contributed by atoms with Crippen LogP contribution in [0.4, 0.5) is 5.13 Å². The van der Waals surface area contributed by atoms with Gasteiger partial charge in [-0.25, -0.2) is 4.98 Å². The number of hydrogen-bond donors (Lipinski definition) is 3. The van der Waals surface area contributed by atoms with Crippen molar-refractivity contribution in [3.63, 3.8) is 0 Å². The molecule has 0 bridgehead atoms. The summed E-state index contributed by atoms with van der Waals surface area (Å²) in [6, 6.07) is 14.6. The maximum Gasteiger partial charge on any atom is 0.261 e. The van der Waals surface area contributed by atoms with Crippen LogP contribution in [0.3, 0.4) is 0 Å². The first-order valence-electron chi connectivity index (χ1n) is 7.96. The van der Waals surface area contributed by atoms with E-state index in [1.165, 1.54) is 17.6 Å². The number of nitrogens with zero attached hydrogens (tertiary/aromatic N) is 2. The lowest BCUT2D eigenvalue weighted by atomic mass is 10.1. The van der Waals surface area contributed by atoms with Crippen molar-refractivity contribution in [3.8, 4) is 17.0 Å². The van der Waals surface area contributed by atoms with Gasteiger partial charge in [-0.2, -0.15) is 5.10 Å². The number of fused-ring (bicyclic) bond motifs is 1. The van der Waals surface area contributed by atoms with Crippen LogP contribution in [0.1, 0.15) is 5.56 Å². The highest BCUT2D eigenvalue weighted by Crippen LogP contribution is 2.27. The van der Waals surface area contributed by atoms with Crippen molar-refractivity contribution in [3.05, 3.63) is 74.9 Å². The molecular formula is C19H13ClN4O2S. The van der Waals surface area contributed by atoms with Gasteiger partial charge in [0.2, 0.25) is 5.13 Å². The summed E-state index contributed by atoms with van der Waals surface area (Å²) in [7, 11) is 0. The molecule has 0 aliphatic carbocycles. The lowest BCUT2D eigenvalue weighted by Gasteiger charge is -2.04. The number of anilines is 1. The van der Waals surface area contributed by atoms with E-state index >= 15 is 0 Å². The van der Waals surface area contributed by atoms with Crippen molar-refractivity contribution in [1.82, 2.24) is 9.97 Å². The van der Waals surface area contributed by atoms with Crippen LogP contribution >= 0.6 is 22.9 Å². The molecule has 2 heterocycles. The molecule has 0 saturated heterocycles. The Hall–Kier alpha value is -3.16. The molecule has 0 unspecified atom stereocenters. The van der Waals surface area contributed by atoms with Crippen molar-refractivity contribution in [1.29, 1.82) is 0 Å². The maximum atomic E-state index is 12.2. The normalized spacial score (nSPS) is 11.3. The number of hydrazone groups is 1. The predicted molar refractivity (Wildman–Crippen MR) is 110 cm³/mol. The average Bonchev–Trinajstić information content (AvgIpc) is 3.14. The second kappa shape index (κ2) is 7.22. The van der Waals surface area contributed by atoms with Crippen molar-refractivity contribution in [2.75, 3.05) is 5.43 Å². The number of halogens is 1. The Balaban J connectivity index is 1.58. The van der Waals surface area contributed by atoms with E-state index in [2.05, 4.69) is 20.5 Å². The topological polar surface area (TPSA) is 90.4 Å². The summed E-state index contributed by atoms with van der Waals surface area (Å²) in [4.78, 5) is 19.3. The molecule has 4 aromatic rings. The van der Waals surface area contributed by atoms with E-state index in [9.17, 15) is 9.90 Å². The largest absolute Gasteiger partial charge is 0.506 e. The van der Waals surface area contributed by atoms with Crippen molar-refractivity contribution in [2.45, 2.75) is 0 Å². The molecule has 0 radical (unpaired) electrons. The van der Waals surface area contributed by atoms with Gasteiger partial charge >= 0.3 is 0 Å². The Morgan fingerprint density at radius 2 is 2.04 bits per heavy atom. The van der Waals surface area contributed by atoms with Gasteiger partial charge in [0.05, 0.1) is 17.4 Å². The maximum absolute atomic E-state index is 12.2. The molecule has 0 amide bonds. The van der Waals surface area contributed by atoms with E-state index in [1.807, 2.05) is 35.7 Å². The Morgan fingerprint density at radius 3 is 2.85 bits per heavy atom. The summed E-state index contributed by atoms with van der Waals surface area (Å²) in [6.45, 7) is 0. The molecule has 134 valence electrons. The smallest absolute Gasteiger partial charge is 0.261 e. The molecule has 4 rings (SSSR count). The molecule has 0 aliphatic rings. The molecule has 0 aliphatic heterocycles. The fraction of sp³-hybridized carbons (Fsp3) is 0. The monoisotopic (exact) mass is 396 g/mol. The number of rotatable bonds is 4. The third-order valence-corrected chi connectivity index (χ3v) is 4.89. The number of aromatic hydroxyl groups is 1. The van der Waals surface area contributed by atoms with Gasteiger partial charge in [0.15, 0.2) is 0 Å². The second-order valence-corrected chi connectivity index (χ2v) is 6.97. The number of benzene rings is 2. The lowest BCUT2D eigenvalue weighted by Crippen LogP contribution is -2.12. The van der Waals surface area contributed by atoms with Crippen LogP contribution < -0.4 is 11.0 Å². The van der Waals surface area contributed by atoms with Crippen LogP contribution in [-0.4, -0.2) is 21.3 Å². The molecular weight excluding hydrogens is 384 g/mol. The third-order valence-electron chi connectivity index (χ3n) is 3.91. The Morgan fingerprint density at radius 1 is 1.22 bits per heavy atom. The van der Waals surface area contributed by atoms with Crippen molar-refractivity contribution in [2.24, 2.45) is 5.10 Å². The molecule has 0 spiro atoms. The van der Waals surface area contributed by atoms with Gasteiger partial charge in [-0.1, -0.05) is 41.9 Å². The van der Waals surface area contributed by atoms with Gasteiger partial charge in [0.25, 0.3) is 5.56 Å². The fourth-order valence-electron chi connectivity index (χ4n) is 2.61. The van der Waals surface area contributed by atoms with Gasteiger partial charge in [-0.05, 0) is 18.2 Å². The summed E-state index contributed by atoms with van der Waals surface area (Å²) < 4.78 is 0. The number of aromatic nitrogens is 2. The molecule has 6 nitrogen and oxygen atoms in total. The molecule has 2 aromatic carbocycles. The number of nitrogens with one attached hydrogen (secondary N) is 2. The number of pyridine rings is 1. The summed E-state index contributed by atoms with van der Waals surface area (Å²) in [6.07, 6.45) is 1.27. The van der Waals surface area contributed by atoms with E-state index in [0.29, 0.717) is 21.1 Å². The average molecular weight is 397 g/mol. The zero-order valence-corrected chi connectivity index (χ0v) is 15.4. The summed E-state index contributed by atoms with van der Waals surface area (Å²) in [5, 5.41) is 17.9. The highest BCUT2D eigenvalue weighted by Gasteiger charge is 2.10. The molecule has 0 saturated carbocycles. The molecule has 0 fully saturated rings. The minimum Gasteiger partial charge on any atom is -0.506 e. The van der Waals surface area contributed by atoms with Gasteiger partial charge in [-0.3, -0.25) is 10.2 Å². The second-order valence-electron chi connectivity index (χ2n) is 5.68. The van der Waals surface area contributed by atoms with Crippen LogP contribution in [0.25, 0.3) is 22.2 Å². The van der Waals surface area contributed by atoms with Crippen LogP contribution in [0.2, 0.25) is 5.02 Å². The van der Waals surface area contributed by atoms with Gasteiger partial charge in [-0.15, -0.1) is 11.3 Å². The zero-order valence-electron chi connectivity index (χ0n) is 13.8. The Kier molecular flexibility index (Phi) is 4.62. The lowest BCUT2D eigenvalue weighted by molar-refractivity contribution is 0.479. The van der Waals surface area contributed by atoms with Crippen molar-refractivity contribution >= 4 is 45.2 Å². The number of aromatic amines is 1. The molecule has 27 heavy (non-hydrogen) atoms. The molecule has 0 atom stereocenters. The Bertz CT molecular complexity index is 1200. The van der Waals surface area contributed by atoms with E-state index in [-0.39, 0.29) is 11.3 Å². The summed E-state index contributed by atoms with van der Waals surface area (Å²) in [5.74, 6) is -0.153. The van der Waals surface area contributed by atoms with E-state index in [0.717, 1.165) is 11.3 Å².